The van der Waals surface area contributed by atoms with Crippen molar-refractivity contribution in [2.75, 3.05) is 0 Å². The molecule has 0 saturated heterocycles. The van der Waals surface area contributed by atoms with E-state index in [2.05, 4.69) is 9.97 Å². The van der Waals surface area contributed by atoms with Crippen LogP contribution in [0.5, 0.6) is 0 Å². The van der Waals surface area contributed by atoms with Gasteiger partial charge in [0, 0.05) is 12.4 Å². The fraction of sp³-hybridized carbons (Fsp3) is 0.200. The molecule has 7 heteroatoms. The van der Waals surface area contributed by atoms with E-state index in [1.807, 2.05) is 13.8 Å². The molecule has 0 radical (unpaired) electrons. The lowest BCUT2D eigenvalue weighted by molar-refractivity contribution is 0.0679. The fourth-order valence-corrected chi connectivity index (χ4v) is 1.50. The standard InChI is InChI=1S/C8H9NO2.C7H6ClNO2/c1-5-3-7(8(10)11)9-4-6(5)2;1-4-2-6(7(10)11)9-3-5(4)8/h3-4H,1-2H3,(H,10,11);2-3H,1H3,(H,10,11). The lowest BCUT2D eigenvalue weighted by atomic mass is 10.1. The number of carboxylic acids is 2. The first-order chi connectivity index (χ1) is 10.2. The Balaban J connectivity index is 0.000000220. The van der Waals surface area contributed by atoms with Crippen LogP contribution in [-0.2, 0) is 0 Å². The van der Waals surface area contributed by atoms with Crippen LogP contribution in [-0.4, -0.2) is 32.1 Å². The normalized spacial score (nSPS) is 9.64. The van der Waals surface area contributed by atoms with Gasteiger partial charge in [0.05, 0.1) is 5.02 Å². The van der Waals surface area contributed by atoms with Gasteiger partial charge in [-0.25, -0.2) is 19.6 Å². The molecule has 0 aromatic carbocycles. The highest BCUT2D eigenvalue weighted by molar-refractivity contribution is 6.31. The van der Waals surface area contributed by atoms with E-state index in [0.717, 1.165) is 16.7 Å². The van der Waals surface area contributed by atoms with E-state index in [1.165, 1.54) is 12.3 Å². The summed E-state index contributed by atoms with van der Waals surface area (Å²) in [5, 5.41) is 17.5. The van der Waals surface area contributed by atoms with Gasteiger partial charge in [-0.3, -0.25) is 0 Å². The Kier molecular flexibility index (Phi) is 6.00. The molecule has 2 heterocycles. The van der Waals surface area contributed by atoms with E-state index < -0.39 is 11.9 Å². The van der Waals surface area contributed by atoms with Crippen LogP contribution in [0, 0.1) is 20.8 Å². The summed E-state index contributed by atoms with van der Waals surface area (Å²) in [6, 6.07) is 3.00. The van der Waals surface area contributed by atoms with Crippen molar-refractivity contribution in [2.45, 2.75) is 20.8 Å². The fourth-order valence-electron chi connectivity index (χ4n) is 1.40. The van der Waals surface area contributed by atoms with E-state index in [4.69, 9.17) is 21.8 Å². The summed E-state index contributed by atoms with van der Waals surface area (Å²) >= 11 is 5.63. The topological polar surface area (TPSA) is 100 Å². The van der Waals surface area contributed by atoms with Crippen LogP contribution in [0.2, 0.25) is 5.02 Å². The van der Waals surface area contributed by atoms with Crippen LogP contribution in [0.3, 0.4) is 0 Å². The number of nitrogens with zero attached hydrogens (tertiary/aromatic N) is 2. The van der Waals surface area contributed by atoms with Crippen LogP contribution in [0.4, 0.5) is 0 Å². The van der Waals surface area contributed by atoms with Crippen LogP contribution in [0.15, 0.2) is 24.5 Å². The molecule has 2 N–H and O–H groups in total. The van der Waals surface area contributed by atoms with Crippen molar-refractivity contribution in [3.05, 3.63) is 57.6 Å². The molecular weight excluding hydrogens is 308 g/mol. The van der Waals surface area contributed by atoms with Gasteiger partial charge in [-0.15, -0.1) is 0 Å². The zero-order valence-corrected chi connectivity index (χ0v) is 13.0. The maximum Gasteiger partial charge on any atom is 0.354 e. The molecule has 0 spiro atoms. The Morgan fingerprint density at radius 1 is 0.864 bits per heavy atom. The van der Waals surface area contributed by atoms with E-state index in [-0.39, 0.29) is 11.4 Å². The van der Waals surface area contributed by atoms with Gasteiger partial charge in [0.2, 0.25) is 0 Å². The number of carbonyl (C=O) groups is 2. The third-order valence-corrected chi connectivity index (χ3v) is 3.25. The summed E-state index contributed by atoms with van der Waals surface area (Å²) < 4.78 is 0. The number of rotatable bonds is 2. The predicted molar refractivity (Wildman–Crippen MR) is 81.6 cm³/mol. The van der Waals surface area contributed by atoms with Crippen molar-refractivity contribution >= 4 is 23.5 Å². The number of hydrogen-bond donors (Lipinski definition) is 2. The van der Waals surface area contributed by atoms with Crippen LogP contribution >= 0.6 is 11.6 Å². The maximum atomic E-state index is 10.4. The molecule has 0 amide bonds. The number of pyridine rings is 2. The average Bonchev–Trinajstić information content (AvgIpc) is 2.45. The third kappa shape index (κ3) is 4.82. The molecule has 22 heavy (non-hydrogen) atoms. The molecule has 6 nitrogen and oxygen atoms in total. The van der Waals surface area contributed by atoms with Crippen LogP contribution in [0.1, 0.15) is 37.7 Å². The Morgan fingerprint density at radius 2 is 1.32 bits per heavy atom. The van der Waals surface area contributed by atoms with Crippen LogP contribution in [0.25, 0.3) is 0 Å². The van der Waals surface area contributed by atoms with Crippen LogP contribution < -0.4 is 0 Å². The second kappa shape index (κ2) is 7.51. The summed E-state index contributed by atoms with van der Waals surface area (Å²) in [4.78, 5) is 28.1. The summed E-state index contributed by atoms with van der Waals surface area (Å²) in [5.41, 5.74) is 2.81. The lowest BCUT2D eigenvalue weighted by Crippen LogP contribution is -2.00. The zero-order chi connectivity index (χ0) is 16.9. The number of hydrogen-bond acceptors (Lipinski definition) is 4. The largest absolute Gasteiger partial charge is 0.477 e. The van der Waals surface area contributed by atoms with Crippen molar-refractivity contribution in [3.8, 4) is 0 Å². The average molecular weight is 323 g/mol. The minimum atomic E-state index is -1.04. The van der Waals surface area contributed by atoms with Crippen molar-refractivity contribution in [3.63, 3.8) is 0 Å². The van der Waals surface area contributed by atoms with Gasteiger partial charge in [0.15, 0.2) is 0 Å². The molecule has 2 rings (SSSR count). The van der Waals surface area contributed by atoms with Crippen molar-refractivity contribution in [1.29, 1.82) is 0 Å². The predicted octanol–water partition coefficient (Wildman–Crippen LogP) is 3.14. The van der Waals surface area contributed by atoms with Crippen molar-refractivity contribution in [1.82, 2.24) is 9.97 Å². The molecule has 0 aliphatic rings. The molecule has 0 atom stereocenters. The number of aromatic carboxylic acids is 2. The maximum absolute atomic E-state index is 10.4. The minimum absolute atomic E-state index is 0.0203. The monoisotopic (exact) mass is 322 g/mol. The van der Waals surface area contributed by atoms with Gasteiger partial charge in [-0.1, -0.05) is 11.6 Å². The minimum Gasteiger partial charge on any atom is -0.477 e. The number of aryl methyl sites for hydroxylation is 3. The van der Waals surface area contributed by atoms with Gasteiger partial charge in [-0.2, -0.15) is 0 Å². The molecule has 2 aromatic rings. The highest BCUT2D eigenvalue weighted by Gasteiger charge is 2.05. The molecule has 2 aromatic heterocycles. The Bertz CT molecular complexity index is 655. The highest BCUT2D eigenvalue weighted by atomic mass is 35.5. The van der Waals surface area contributed by atoms with Crippen molar-refractivity contribution in [2.24, 2.45) is 0 Å². The molecular formula is C15H15ClN2O4. The van der Waals surface area contributed by atoms with E-state index >= 15 is 0 Å². The Morgan fingerprint density at radius 3 is 1.73 bits per heavy atom. The molecule has 0 bridgehead atoms. The summed E-state index contributed by atoms with van der Waals surface area (Å²) in [5.74, 6) is -2.02. The molecule has 116 valence electrons. The summed E-state index contributed by atoms with van der Waals surface area (Å²) in [6.45, 7) is 5.49. The molecule has 0 unspecified atom stereocenters. The SMILES string of the molecule is Cc1cc(C(=O)O)ncc1Cl.Cc1cnc(C(=O)O)cc1C. The smallest absolute Gasteiger partial charge is 0.354 e. The highest BCUT2D eigenvalue weighted by Crippen LogP contribution is 2.13. The Labute approximate surface area is 132 Å². The van der Waals surface area contributed by atoms with Gasteiger partial charge < -0.3 is 10.2 Å². The number of carboxylic acid groups (broad SMARTS) is 2. The molecule has 0 fully saturated rings. The quantitative estimate of drug-likeness (QED) is 0.881. The molecule has 0 aliphatic heterocycles. The number of halogens is 1. The molecule has 0 aliphatic carbocycles. The number of aromatic nitrogens is 2. The van der Waals surface area contributed by atoms with Gasteiger partial charge in [0.1, 0.15) is 11.4 Å². The first-order valence-electron chi connectivity index (χ1n) is 6.24. The molecule has 0 saturated carbocycles. The second-order valence-electron chi connectivity index (χ2n) is 4.58. The van der Waals surface area contributed by atoms with Gasteiger partial charge in [-0.05, 0) is 49.6 Å². The van der Waals surface area contributed by atoms with Gasteiger partial charge in [0.25, 0.3) is 0 Å². The summed E-state index contributed by atoms with van der Waals surface area (Å²) in [6.07, 6.45) is 2.90. The first-order valence-corrected chi connectivity index (χ1v) is 6.62. The zero-order valence-electron chi connectivity index (χ0n) is 12.3. The summed E-state index contributed by atoms with van der Waals surface area (Å²) in [7, 11) is 0. The van der Waals surface area contributed by atoms with E-state index in [0.29, 0.717) is 5.02 Å². The third-order valence-electron chi connectivity index (χ3n) is 2.86. The van der Waals surface area contributed by atoms with E-state index in [9.17, 15) is 9.59 Å². The van der Waals surface area contributed by atoms with E-state index in [1.54, 1.807) is 19.2 Å². The second-order valence-corrected chi connectivity index (χ2v) is 4.99. The lowest BCUT2D eigenvalue weighted by Gasteiger charge is -1.98. The van der Waals surface area contributed by atoms with Gasteiger partial charge >= 0.3 is 11.9 Å². The van der Waals surface area contributed by atoms with Crippen molar-refractivity contribution < 1.29 is 19.8 Å². The Hall–Kier alpha value is -2.47. The first kappa shape index (κ1) is 17.6.